The molecule has 2 aliphatic heterocycles. The zero-order chi connectivity index (χ0) is 19.5. The first-order chi connectivity index (χ1) is 13.6. The Kier molecular flexibility index (Phi) is 8.85. The van der Waals surface area contributed by atoms with E-state index in [0.717, 1.165) is 55.6 Å². The maximum absolute atomic E-state index is 13.0. The largest absolute Gasteiger partial charge is 0.378 e. The number of rotatable bonds is 3. The van der Waals surface area contributed by atoms with Crippen LogP contribution in [0.2, 0.25) is 0 Å². The van der Waals surface area contributed by atoms with Crippen molar-refractivity contribution >= 4 is 36.7 Å². The molecule has 0 spiro atoms. The van der Waals surface area contributed by atoms with Crippen LogP contribution in [0.15, 0.2) is 30.3 Å². The van der Waals surface area contributed by atoms with Gasteiger partial charge in [0.15, 0.2) is 0 Å². The van der Waals surface area contributed by atoms with Gasteiger partial charge in [-0.1, -0.05) is 12.1 Å². The molecular weight excluding hydrogens is 425 g/mol. The van der Waals surface area contributed by atoms with Crippen LogP contribution in [-0.2, 0) is 4.74 Å². The van der Waals surface area contributed by atoms with Crippen molar-refractivity contribution in [3.8, 4) is 11.3 Å². The third-order valence-corrected chi connectivity index (χ3v) is 5.30. The maximum Gasteiger partial charge on any atom is 0.254 e. The van der Waals surface area contributed by atoms with Crippen LogP contribution in [0.3, 0.4) is 0 Å². The van der Waals surface area contributed by atoms with E-state index >= 15 is 0 Å². The van der Waals surface area contributed by atoms with Crippen molar-refractivity contribution in [2.75, 3.05) is 50.8 Å². The molecule has 1 N–H and O–H groups in total. The molecule has 2 aliphatic rings. The number of amides is 1. The van der Waals surface area contributed by atoms with Crippen LogP contribution < -0.4 is 10.2 Å². The molecule has 4 rings (SSSR count). The Labute approximate surface area is 190 Å². The van der Waals surface area contributed by atoms with E-state index in [1.54, 1.807) is 0 Å². The molecule has 1 amide bonds. The van der Waals surface area contributed by atoms with Crippen LogP contribution in [0.1, 0.15) is 23.0 Å². The van der Waals surface area contributed by atoms with E-state index in [0.29, 0.717) is 18.8 Å². The fourth-order valence-electron chi connectivity index (χ4n) is 3.73. The normalized spacial score (nSPS) is 18.9. The number of anilines is 1. The third kappa shape index (κ3) is 5.40. The summed E-state index contributed by atoms with van der Waals surface area (Å²) in [6.07, 6.45) is 0. The smallest absolute Gasteiger partial charge is 0.254 e. The summed E-state index contributed by atoms with van der Waals surface area (Å²) in [5.41, 5.74) is 3.40. The van der Waals surface area contributed by atoms with E-state index in [2.05, 4.69) is 22.1 Å². The predicted octanol–water partition coefficient (Wildman–Crippen LogP) is 2.57. The number of carbonyl (C=O) groups excluding carboxylic acids is 1. The van der Waals surface area contributed by atoms with Gasteiger partial charge in [-0.3, -0.25) is 4.79 Å². The number of nitrogens with zero attached hydrogens (tertiary/aromatic N) is 4. The second kappa shape index (κ2) is 10.9. The first kappa shape index (κ1) is 24.3. The van der Waals surface area contributed by atoms with Gasteiger partial charge in [-0.2, -0.15) is 0 Å². The van der Waals surface area contributed by atoms with Gasteiger partial charge < -0.3 is 19.9 Å². The number of ether oxygens (including phenoxy) is 1. The average Bonchev–Trinajstić information content (AvgIpc) is 2.74. The van der Waals surface area contributed by atoms with Gasteiger partial charge >= 0.3 is 0 Å². The topological polar surface area (TPSA) is 70.6 Å². The van der Waals surface area contributed by atoms with Crippen LogP contribution in [0.5, 0.6) is 0 Å². The summed E-state index contributed by atoms with van der Waals surface area (Å²) in [7, 11) is 0. The number of hydrogen-bond donors (Lipinski definition) is 1. The highest BCUT2D eigenvalue weighted by Crippen LogP contribution is 2.23. The minimum atomic E-state index is 0. The molecule has 2 aromatic rings. The molecule has 1 aromatic carbocycles. The number of halogens is 2. The fourth-order valence-corrected chi connectivity index (χ4v) is 3.73. The standard InChI is InChI=1S/C21H27N5O2.2ClH/c1-15-12-19(24-21(23-15)25-8-10-28-11-9-25)17-4-3-5-18(13-17)20(27)26-7-6-22-14-16(26)2;;/h3-5,12-13,16,22H,6-11,14H2,1-2H3;2*1H. The van der Waals surface area contributed by atoms with Gasteiger partial charge in [0.25, 0.3) is 5.91 Å². The summed E-state index contributed by atoms with van der Waals surface area (Å²) in [4.78, 5) is 26.5. The Bertz CT molecular complexity index is 861. The SMILES string of the molecule is Cc1cc(-c2cccc(C(=O)N3CCNCC3C)c2)nc(N2CCOCC2)n1.Cl.Cl. The van der Waals surface area contributed by atoms with E-state index in [1.807, 2.05) is 42.2 Å². The zero-order valence-electron chi connectivity index (χ0n) is 17.3. The molecule has 2 saturated heterocycles. The Balaban J connectivity index is 0.00000160. The number of aryl methyl sites for hydroxylation is 1. The third-order valence-electron chi connectivity index (χ3n) is 5.30. The summed E-state index contributed by atoms with van der Waals surface area (Å²) in [5.74, 6) is 0.806. The highest BCUT2D eigenvalue weighted by atomic mass is 35.5. The van der Waals surface area contributed by atoms with Crippen LogP contribution in [0, 0.1) is 6.92 Å². The van der Waals surface area contributed by atoms with Gasteiger partial charge in [0.1, 0.15) is 0 Å². The quantitative estimate of drug-likeness (QED) is 0.769. The van der Waals surface area contributed by atoms with E-state index in [4.69, 9.17) is 9.72 Å². The van der Waals surface area contributed by atoms with Gasteiger partial charge in [-0.15, -0.1) is 24.8 Å². The van der Waals surface area contributed by atoms with Crippen molar-refractivity contribution in [1.29, 1.82) is 0 Å². The molecule has 7 nitrogen and oxygen atoms in total. The Morgan fingerprint density at radius 2 is 1.90 bits per heavy atom. The lowest BCUT2D eigenvalue weighted by Crippen LogP contribution is -2.52. The highest BCUT2D eigenvalue weighted by Gasteiger charge is 2.24. The predicted molar refractivity (Wildman–Crippen MR) is 123 cm³/mol. The second-order valence-electron chi connectivity index (χ2n) is 7.43. The number of benzene rings is 1. The summed E-state index contributed by atoms with van der Waals surface area (Å²) in [5, 5.41) is 3.33. The highest BCUT2D eigenvalue weighted by molar-refractivity contribution is 5.95. The van der Waals surface area contributed by atoms with Crippen LogP contribution in [0.25, 0.3) is 11.3 Å². The molecule has 3 heterocycles. The van der Waals surface area contributed by atoms with E-state index in [1.165, 1.54) is 0 Å². The molecule has 9 heteroatoms. The minimum absolute atomic E-state index is 0. The molecule has 1 aromatic heterocycles. The Hall–Kier alpha value is -1.93. The Morgan fingerprint density at radius 3 is 2.63 bits per heavy atom. The number of morpholine rings is 1. The first-order valence-corrected chi connectivity index (χ1v) is 9.92. The molecule has 164 valence electrons. The molecular formula is C21H29Cl2N5O2. The molecule has 0 bridgehead atoms. The van der Waals surface area contributed by atoms with Gasteiger partial charge in [-0.05, 0) is 32.0 Å². The number of piperazine rings is 1. The summed E-state index contributed by atoms with van der Waals surface area (Å²) in [6, 6.07) is 9.93. The molecule has 0 saturated carbocycles. The van der Waals surface area contributed by atoms with Gasteiger partial charge in [0, 0.05) is 55.6 Å². The summed E-state index contributed by atoms with van der Waals surface area (Å²) >= 11 is 0. The van der Waals surface area contributed by atoms with Crippen LogP contribution >= 0.6 is 24.8 Å². The van der Waals surface area contributed by atoms with Crippen molar-refractivity contribution in [1.82, 2.24) is 20.2 Å². The molecule has 30 heavy (non-hydrogen) atoms. The lowest BCUT2D eigenvalue weighted by Gasteiger charge is -2.34. The lowest BCUT2D eigenvalue weighted by atomic mass is 10.1. The second-order valence-corrected chi connectivity index (χ2v) is 7.43. The van der Waals surface area contributed by atoms with E-state index < -0.39 is 0 Å². The maximum atomic E-state index is 13.0. The van der Waals surface area contributed by atoms with Gasteiger partial charge in [0.05, 0.1) is 18.9 Å². The van der Waals surface area contributed by atoms with Crippen molar-refractivity contribution < 1.29 is 9.53 Å². The monoisotopic (exact) mass is 453 g/mol. The van der Waals surface area contributed by atoms with Crippen LogP contribution in [-0.4, -0.2) is 72.8 Å². The van der Waals surface area contributed by atoms with Crippen LogP contribution in [0.4, 0.5) is 5.95 Å². The van der Waals surface area contributed by atoms with Crippen molar-refractivity contribution in [3.63, 3.8) is 0 Å². The number of nitrogens with one attached hydrogen (secondary N) is 1. The first-order valence-electron chi connectivity index (χ1n) is 9.92. The van der Waals surface area contributed by atoms with Gasteiger partial charge in [-0.25, -0.2) is 9.97 Å². The minimum Gasteiger partial charge on any atom is -0.378 e. The number of aromatic nitrogens is 2. The number of carbonyl (C=O) groups is 1. The Morgan fingerprint density at radius 1 is 1.13 bits per heavy atom. The molecule has 0 aliphatic carbocycles. The van der Waals surface area contributed by atoms with Crippen molar-refractivity contribution in [2.45, 2.75) is 19.9 Å². The van der Waals surface area contributed by atoms with E-state index in [9.17, 15) is 4.79 Å². The van der Waals surface area contributed by atoms with E-state index in [-0.39, 0.29) is 36.8 Å². The molecule has 1 unspecified atom stereocenters. The molecule has 1 atom stereocenters. The number of hydrogen-bond acceptors (Lipinski definition) is 6. The van der Waals surface area contributed by atoms with Crippen molar-refractivity contribution in [2.24, 2.45) is 0 Å². The summed E-state index contributed by atoms with van der Waals surface area (Å²) in [6.45, 7) is 9.44. The fraction of sp³-hybridized carbons (Fsp3) is 0.476. The molecule has 2 fully saturated rings. The van der Waals surface area contributed by atoms with Gasteiger partial charge in [0.2, 0.25) is 5.95 Å². The zero-order valence-corrected chi connectivity index (χ0v) is 19.0. The van der Waals surface area contributed by atoms with Crippen molar-refractivity contribution in [3.05, 3.63) is 41.6 Å². The molecule has 0 radical (unpaired) electrons. The summed E-state index contributed by atoms with van der Waals surface area (Å²) < 4.78 is 5.43. The average molecular weight is 454 g/mol. The lowest BCUT2D eigenvalue weighted by molar-refractivity contribution is 0.0656.